The number of rotatable bonds is 8. The van der Waals surface area contributed by atoms with Crippen molar-refractivity contribution in [3.63, 3.8) is 0 Å². The molecule has 10 nitrogen and oxygen atoms in total. The molecule has 0 saturated carbocycles. The van der Waals surface area contributed by atoms with E-state index in [1.165, 1.54) is 13.8 Å². The summed E-state index contributed by atoms with van der Waals surface area (Å²) in [5.74, 6) is -2.36. The highest BCUT2D eigenvalue weighted by molar-refractivity contribution is 7.99. The number of ether oxygens (including phenoxy) is 5. The van der Waals surface area contributed by atoms with E-state index >= 15 is 0 Å². The van der Waals surface area contributed by atoms with Crippen molar-refractivity contribution in [2.45, 2.75) is 57.5 Å². The van der Waals surface area contributed by atoms with E-state index in [0.717, 1.165) is 25.6 Å². The lowest BCUT2D eigenvalue weighted by atomic mass is 9.99. The summed E-state index contributed by atoms with van der Waals surface area (Å²) in [6.07, 6.45) is -4.41. The Hall–Kier alpha value is -1.85. The van der Waals surface area contributed by atoms with Crippen LogP contribution in [0.15, 0.2) is 0 Å². The zero-order chi connectivity index (χ0) is 20.6. The van der Waals surface area contributed by atoms with Crippen molar-refractivity contribution in [2.75, 3.05) is 19.0 Å². The van der Waals surface area contributed by atoms with Gasteiger partial charge in [0.25, 0.3) is 0 Å². The van der Waals surface area contributed by atoms with Gasteiger partial charge in [0.2, 0.25) is 0 Å². The van der Waals surface area contributed by atoms with E-state index < -0.39 is 53.7 Å². The summed E-state index contributed by atoms with van der Waals surface area (Å²) >= 11 is 1.12. The summed E-state index contributed by atoms with van der Waals surface area (Å²) in [7, 11) is 0. The lowest BCUT2D eigenvalue weighted by Gasteiger charge is -2.44. The fourth-order valence-corrected chi connectivity index (χ4v) is 3.45. The third-order valence-corrected chi connectivity index (χ3v) is 4.45. The van der Waals surface area contributed by atoms with E-state index in [0.29, 0.717) is 0 Å². The fourth-order valence-electron chi connectivity index (χ4n) is 2.49. The molecule has 1 rings (SSSR count). The monoisotopic (exact) mass is 408 g/mol. The second kappa shape index (κ2) is 11.1. The van der Waals surface area contributed by atoms with Crippen LogP contribution in [0.5, 0.6) is 0 Å². The predicted molar refractivity (Wildman–Crippen MR) is 91.5 cm³/mol. The maximum atomic E-state index is 11.6. The topological polar surface area (TPSA) is 135 Å². The number of carbonyl (C=O) groups excluding carboxylic acids is 4. The number of hydrogen-bond acceptors (Lipinski definition) is 11. The molecular weight excluding hydrogens is 384 g/mol. The Labute approximate surface area is 160 Å². The maximum Gasteiger partial charge on any atom is 0.303 e. The van der Waals surface area contributed by atoms with Gasteiger partial charge in [0.05, 0.1) is 6.61 Å². The largest absolute Gasteiger partial charge is 0.463 e. The van der Waals surface area contributed by atoms with Gasteiger partial charge < -0.3 is 28.8 Å². The van der Waals surface area contributed by atoms with Gasteiger partial charge in [-0.15, -0.1) is 11.8 Å². The molecule has 0 unspecified atom stereocenters. The van der Waals surface area contributed by atoms with Gasteiger partial charge in [-0.05, 0) is 0 Å². The van der Waals surface area contributed by atoms with Gasteiger partial charge in [-0.3, -0.25) is 19.2 Å². The van der Waals surface area contributed by atoms with Crippen molar-refractivity contribution < 1.29 is 48.0 Å². The van der Waals surface area contributed by atoms with Gasteiger partial charge in [0, 0.05) is 33.4 Å². The molecule has 0 spiro atoms. The number of aliphatic hydroxyl groups excluding tert-OH is 1. The molecule has 0 aromatic heterocycles. The van der Waals surface area contributed by atoms with Crippen LogP contribution >= 0.6 is 11.8 Å². The van der Waals surface area contributed by atoms with Crippen LogP contribution in [0.2, 0.25) is 0 Å². The van der Waals surface area contributed by atoms with Crippen LogP contribution in [0.1, 0.15) is 27.7 Å². The van der Waals surface area contributed by atoms with Crippen LogP contribution in [-0.2, 0) is 42.9 Å². The standard InChI is InChI=1S/C16H24O10S/c1-8(18)22-7-12-13(23-9(2)19)14(24-10(3)20)15(25-11(4)21)16(26-12)27-6-5-17/h12-17H,5-7H2,1-4H3/t12-,13+,14+,15-,16+/m1/s1. The summed E-state index contributed by atoms with van der Waals surface area (Å²) < 4.78 is 26.5. The first-order valence-electron chi connectivity index (χ1n) is 8.18. The summed E-state index contributed by atoms with van der Waals surface area (Å²) in [5, 5.41) is 9.08. The van der Waals surface area contributed by atoms with E-state index in [2.05, 4.69) is 0 Å². The molecule has 154 valence electrons. The van der Waals surface area contributed by atoms with E-state index in [1.807, 2.05) is 0 Å². The highest BCUT2D eigenvalue weighted by Gasteiger charge is 2.52. The summed E-state index contributed by atoms with van der Waals surface area (Å²) in [4.78, 5) is 45.8. The summed E-state index contributed by atoms with van der Waals surface area (Å²) in [5.41, 5.74) is -0.849. The molecule has 1 saturated heterocycles. The molecule has 11 heteroatoms. The van der Waals surface area contributed by atoms with Gasteiger partial charge in [-0.2, -0.15) is 0 Å². The lowest BCUT2D eigenvalue weighted by Crippen LogP contribution is -2.61. The van der Waals surface area contributed by atoms with E-state index in [9.17, 15) is 19.2 Å². The van der Waals surface area contributed by atoms with Crippen LogP contribution < -0.4 is 0 Å². The SMILES string of the molecule is CC(=O)OC[C@H]1O[C@@H](SCCO)[C@H](OC(C)=O)[C@@H](OC(C)=O)[C@H]1OC(C)=O. The second-order valence-corrected chi connectivity index (χ2v) is 6.87. The van der Waals surface area contributed by atoms with Crippen molar-refractivity contribution in [1.29, 1.82) is 0 Å². The molecule has 0 amide bonds. The second-order valence-electron chi connectivity index (χ2n) is 5.66. The Morgan fingerprint density at radius 1 is 0.852 bits per heavy atom. The van der Waals surface area contributed by atoms with E-state index in [-0.39, 0.29) is 19.0 Å². The molecule has 5 atom stereocenters. The van der Waals surface area contributed by atoms with Gasteiger partial charge in [0.15, 0.2) is 18.3 Å². The Kier molecular flexibility index (Phi) is 9.53. The third-order valence-electron chi connectivity index (χ3n) is 3.32. The Balaban J connectivity index is 3.22. The number of carbonyl (C=O) groups is 4. The van der Waals surface area contributed by atoms with Crippen LogP contribution in [0.4, 0.5) is 0 Å². The third kappa shape index (κ3) is 7.73. The van der Waals surface area contributed by atoms with Crippen molar-refractivity contribution in [3.05, 3.63) is 0 Å². The highest BCUT2D eigenvalue weighted by atomic mass is 32.2. The van der Waals surface area contributed by atoms with E-state index in [4.69, 9.17) is 28.8 Å². The Morgan fingerprint density at radius 2 is 1.37 bits per heavy atom. The van der Waals surface area contributed by atoms with Crippen LogP contribution in [-0.4, -0.2) is 77.8 Å². The summed E-state index contributed by atoms with van der Waals surface area (Å²) in [6, 6.07) is 0. The molecule has 0 aromatic rings. The molecule has 1 N–H and O–H groups in total. The Morgan fingerprint density at radius 3 is 1.85 bits per heavy atom. The smallest absolute Gasteiger partial charge is 0.303 e. The lowest BCUT2D eigenvalue weighted by molar-refractivity contribution is -0.237. The van der Waals surface area contributed by atoms with Crippen molar-refractivity contribution >= 4 is 35.6 Å². The van der Waals surface area contributed by atoms with Gasteiger partial charge >= 0.3 is 23.9 Å². The quantitative estimate of drug-likeness (QED) is 0.422. The average molecular weight is 408 g/mol. The Bertz CT molecular complexity index is 551. The number of aliphatic hydroxyl groups is 1. The molecule has 1 aliphatic rings. The van der Waals surface area contributed by atoms with Crippen LogP contribution in [0.3, 0.4) is 0 Å². The van der Waals surface area contributed by atoms with Gasteiger partial charge in [-0.1, -0.05) is 0 Å². The number of hydrogen-bond donors (Lipinski definition) is 1. The maximum absolute atomic E-state index is 11.6. The number of esters is 4. The molecule has 0 aromatic carbocycles. The minimum Gasteiger partial charge on any atom is -0.463 e. The number of thioether (sulfide) groups is 1. The zero-order valence-corrected chi connectivity index (χ0v) is 16.4. The fraction of sp³-hybridized carbons (Fsp3) is 0.750. The molecule has 1 heterocycles. The van der Waals surface area contributed by atoms with Crippen LogP contribution in [0, 0.1) is 0 Å². The minimum atomic E-state index is -1.18. The molecule has 0 aliphatic carbocycles. The van der Waals surface area contributed by atoms with E-state index in [1.54, 1.807) is 0 Å². The molecular formula is C16H24O10S. The molecule has 0 bridgehead atoms. The normalized spacial score (nSPS) is 27.4. The molecule has 1 fully saturated rings. The van der Waals surface area contributed by atoms with Crippen molar-refractivity contribution in [3.8, 4) is 0 Å². The van der Waals surface area contributed by atoms with Gasteiger partial charge in [0.1, 0.15) is 18.1 Å². The van der Waals surface area contributed by atoms with Crippen LogP contribution in [0.25, 0.3) is 0 Å². The molecule has 0 radical (unpaired) electrons. The van der Waals surface area contributed by atoms with Crippen molar-refractivity contribution in [1.82, 2.24) is 0 Å². The van der Waals surface area contributed by atoms with Gasteiger partial charge in [-0.25, -0.2) is 0 Å². The summed E-state index contributed by atoms with van der Waals surface area (Å²) in [6.45, 7) is 4.24. The zero-order valence-electron chi connectivity index (χ0n) is 15.5. The predicted octanol–water partition coefficient (Wildman–Crippen LogP) is -0.205. The first kappa shape index (κ1) is 23.2. The molecule has 1 aliphatic heterocycles. The minimum absolute atomic E-state index is 0.169. The van der Waals surface area contributed by atoms with Crippen molar-refractivity contribution in [2.24, 2.45) is 0 Å². The first-order valence-corrected chi connectivity index (χ1v) is 9.23. The average Bonchev–Trinajstić information content (AvgIpc) is 2.54. The highest BCUT2D eigenvalue weighted by Crippen LogP contribution is 2.34. The first-order chi connectivity index (χ1) is 12.6. The molecule has 27 heavy (non-hydrogen) atoms.